The van der Waals surface area contributed by atoms with Crippen molar-refractivity contribution in [1.29, 1.82) is 0 Å². The topological polar surface area (TPSA) is 144 Å². The number of nitrogens with one attached hydrogen (secondary N) is 2. The summed E-state index contributed by atoms with van der Waals surface area (Å²) < 4.78 is 0. The van der Waals surface area contributed by atoms with Crippen molar-refractivity contribution in [2.45, 2.75) is 0 Å². The van der Waals surface area contributed by atoms with Gasteiger partial charge in [-0.3, -0.25) is 24.5 Å². The van der Waals surface area contributed by atoms with E-state index in [1.807, 2.05) is 0 Å². The Morgan fingerprint density at radius 1 is 1.00 bits per heavy atom. The van der Waals surface area contributed by atoms with Crippen LogP contribution in [0.2, 0.25) is 5.02 Å². The summed E-state index contributed by atoms with van der Waals surface area (Å²) in [5, 5.41) is 15.3. The molecule has 0 radical (unpaired) electrons. The molecule has 0 atom stereocenters. The summed E-state index contributed by atoms with van der Waals surface area (Å²) in [5.41, 5.74) is 5.24. The second-order valence-corrected chi connectivity index (χ2v) is 5.18. The van der Waals surface area contributed by atoms with E-state index in [4.69, 9.17) is 17.3 Å². The molecule has 0 unspecified atom stereocenters. The second kappa shape index (κ2) is 7.41. The Morgan fingerprint density at radius 2 is 1.60 bits per heavy atom. The zero-order valence-corrected chi connectivity index (χ0v) is 13.2. The van der Waals surface area contributed by atoms with Gasteiger partial charge < -0.3 is 16.4 Å². The van der Waals surface area contributed by atoms with Crippen molar-refractivity contribution in [2.24, 2.45) is 5.73 Å². The van der Waals surface area contributed by atoms with Gasteiger partial charge in [0.25, 0.3) is 5.69 Å². The molecule has 0 heterocycles. The lowest BCUT2D eigenvalue weighted by atomic mass is 10.2. The maximum atomic E-state index is 11.9. The van der Waals surface area contributed by atoms with Gasteiger partial charge in [0.2, 0.25) is 5.91 Å². The summed E-state index contributed by atoms with van der Waals surface area (Å²) in [4.78, 5) is 44.8. The van der Waals surface area contributed by atoms with Crippen LogP contribution in [-0.4, -0.2) is 22.6 Å². The van der Waals surface area contributed by atoms with E-state index in [0.717, 1.165) is 6.07 Å². The predicted molar refractivity (Wildman–Crippen MR) is 90.3 cm³/mol. The molecule has 2 aromatic rings. The maximum absolute atomic E-state index is 11.9. The van der Waals surface area contributed by atoms with Crippen LogP contribution in [0, 0.1) is 10.1 Å². The van der Waals surface area contributed by atoms with Crippen molar-refractivity contribution in [3.05, 3.63) is 63.2 Å². The molecule has 2 rings (SSSR count). The first-order chi connectivity index (χ1) is 11.8. The van der Waals surface area contributed by atoms with Crippen LogP contribution in [0.25, 0.3) is 0 Å². The molecule has 4 N–H and O–H groups in total. The van der Waals surface area contributed by atoms with Gasteiger partial charge in [0.1, 0.15) is 0 Å². The van der Waals surface area contributed by atoms with Gasteiger partial charge in [0, 0.05) is 23.4 Å². The van der Waals surface area contributed by atoms with E-state index in [2.05, 4.69) is 10.6 Å². The zero-order valence-electron chi connectivity index (χ0n) is 12.5. The van der Waals surface area contributed by atoms with Crippen molar-refractivity contribution < 1.29 is 19.3 Å². The normalized spacial score (nSPS) is 9.96. The van der Waals surface area contributed by atoms with Crippen LogP contribution in [0.5, 0.6) is 0 Å². The first-order valence-electron chi connectivity index (χ1n) is 6.74. The lowest BCUT2D eigenvalue weighted by Crippen LogP contribution is -2.29. The molecule has 0 aliphatic rings. The SMILES string of the molecule is NC(=O)c1ccc(NC(=O)C(=O)Nc2cc([N+](=O)[O-])ccc2Cl)cc1. The monoisotopic (exact) mass is 362 g/mol. The number of nitrogens with zero attached hydrogens (tertiary/aromatic N) is 1. The number of non-ortho nitro benzene ring substituents is 1. The number of anilines is 2. The average Bonchev–Trinajstić information content (AvgIpc) is 2.57. The third-order valence-electron chi connectivity index (χ3n) is 3.04. The minimum Gasteiger partial charge on any atom is -0.366 e. The molecule has 0 fully saturated rings. The largest absolute Gasteiger partial charge is 0.366 e. The van der Waals surface area contributed by atoms with Gasteiger partial charge in [-0.15, -0.1) is 0 Å². The van der Waals surface area contributed by atoms with Gasteiger partial charge in [-0.2, -0.15) is 0 Å². The van der Waals surface area contributed by atoms with E-state index in [0.29, 0.717) is 0 Å². The summed E-state index contributed by atoms with van der Waals surface area (Å²) in [6, 6.07) is 8.99. The molecule has 25 heavy (non-hydrogen) atoms. The molecule has 128 valence electrons. The highest BCUT2D eigenvalue weighted by molar-refractivity contribution is 6.44. The van der Waals surface area contributed by atoms with Crippen molar-refractivity contribution in [3.8, 4) is 0 Å². The molecule has 2 aromatic carbocycles. The highest BCUT2D eigenvalue weighted by Crippen LogP contribution is 2.26. The fourth-order valence-electron chi connectivity index (χ4n) is 1.81. The molecule has 9 nitrogen and oxygen atoms in total. The zero-order chi connectivity index (χ0) is 18.6. The van der Waals surface area contributed by atoms with Gasteiger partial charge in [-0.1, -0.05) is 11.6 Å². The van der Waals surface area contributed by atoms with Crippen molar-refractivity contribution in [1.82, 2.24) is 0 Å². The third-order valence-corrected chi connectivity index (χ3v) is 3.37. The lowest BCUT2D eigenvalue weighted by molar-refractivity contribution is -0.384. The van der Waals surface area contributed by atoms with Crippen LogP contribution in [0.4, 0.5) is 17.1 Å². The number of benzene rings is 2. The number of hydrogen-bond donors (Lipinski definition) is 3. The number of nitro benzene ring substituents is 1. The molecule has 0 spiro atoms. The summed E-state index contributed by atoms with van der Waals surface area (Å²) in [7, 11) is 0. The third kappa shape index (κ3) is 4.52. The molecule has 0 bridgehead atoms. The Morgan fingerprint density at radius 3 is 2.16 bits per heavy atom. The first kappa shape index (κ1) is 17.9. The number of halogens is 1. The van der Waals surface area contributed by atoms with Gasteiger partial charge >= 0.3 is 11.8 Å². The average molecular weight is 363 g/mol. The van der Waals surface area contributed by atoms with Gasteiger partial charge in [-0.25, -0.2) is 0 Å². The summed E-state index contributed by atoms with van der Waals surface area (Å²) in [5.74, 6) is -2.72. The molecule has 10 heteroatoms. The van der Waals surface area contributed by atoms with Gasteiger partial charge in [0.05, 0.1) is 15.6 Å². The van der Waals surface area contributed by atoms with Gasteiger partial charge in [-0.05, 0) is 30.3 Å². The van der Waals surface area contributed by atoms with Crippen LogP contribution in [0.1, 0.15) is 10.4 Å². The molecule has 0 aromatic heterocycles. The van der Waals surface area contributed by atoms with Crippen molar-refractivity contribution >= 4 is 46.4 Å². The fourth-order valence-corrected chi connectivity index (χ4v) is 1.97. The van der Waals surface area contributed by atoms with E-state index in [9.17, 15) is 24.5 Å². The molecule has 0 saturated heterocycles. The standard InChI is InChI=1S/C15H11ClN4O5/c16-11-6-5-10(20(24)25)7-12(11)19-15(23)14(22)18-9-3-1-8(2-4-9)13(17)21/h1-7H,(H2,17,21)(H,18,22)(H,19,23). The maximum Gasteiger partial charge on any atom is 0.314 e. The number of carbonyl (C=O) groups is 3. The van der Waals surface area contributed by atoms with E-state index < -0.39 is 22.6 Å². The number of nitrogens with two attached hydrogens (primary N) is 1. The Hall–Kier alpha value is -3.46. The summed E-state index contributed by atoms with van der Waals surface area (Å²) in [6.45, 7) is 0. The van der Waals surface area contributed by atoms with E-state index in [1.165, 1.54) is 36.4 Å². The highest BCUT2D eigenvalue weighted by Gasteiger charge is 2.17. The molecule has 3 amide bonds. The Labute approximate surface area is 145 Å². The molecular weight excluding hydrogens is 352 g/mol. The highest BCUT2D eigenvalue weighted by atomic mass is 35.5. The number of primary amides is 1. The molecular formula is C15H11ClN4O5. The summed E-state index contributed by atoms with van der Waals surface area (Å²) in [6.07, 6.45) is 0. The minimum absolute atomic E-state index is 0.0394. The second-order valence-electron chi connectivity index (χ2n) is 4.77. The Kier molecular flexibility index (Phi) is 5.30. The number of carbonyl (C=O) groups excluding carboxylic acids is 3. The number of nitro groups is 1. The van der Waals surface area contributed by atoms with Crippen LogP contribution in [0.3, 0.4) is 0 Å². The molecule has 0 aliphatic carbocycles. The van der Waals surface area contributed by atoms with E-state index in [-0.39, 0.29) is 27.6 Å². The van der Waals surface area contributed by atoms with Crippen LogP contribution in [-0.2, 0) is 9.59 Å². The first-order valence-corrected chi connectivity index (χ1v) is 7.12. The Balaban J connectivity index is 2.08. The van der Waals surface area contributed by atoms with Crippen LogP contribution < -0.4 is 16.4 Å². The smallest absolute Gasteiger partial charge is 0.314 e. The van der Waals surface area contributed by atoms with Crippen molar-refractivity contribution in [2.75, 3.05) is 10.6 Å². The predicted octanol–water partition coefficient (Wildman–Crippen LogP) is 1.92. The van der Waals surface area contributed by atoms with E-state index in [1.54, 1.807) is 0 Å². The lowest BCUT2D eigenvalue weighted by Gasteiger charge is -2.08. The molecule has 0 saturated carbocycles. The van der Waals surface area contributed by atoms with Crippen LogP contribution >= 0.6 is 11.6 Å². The van der Waals surface area contributed by atoms with Gasteiger partial charge in [0.15, 0.2) is 0 Å². The number of amides is 3. The molecule has 0 aliphatic heterocycles. The quantitative estimate of drug-likeness (QED) is 0.432. The fraction of sp³-hybridized carbons (Fsp3) is 0. The van der Waals surface area contributed by atoms with Crippen molar-refractivity contribution in [3.63, 3.8) is 0 Å². The summed E-state index contributed by atoms with van der Waals surface area (Å²) >= 11 is 5.84. The number of hydrogen-bond acceptors (Lipinski definition) is 5. The Bertz CT molecular complexity index is 867. The minimum atomic E-state index is -1.07. The van der Waals surface area contributed by atoms with E-state index >= 15 is 0 Å². The number of rotatable bonds is 4. The van der Waals surface area contributed by atoms with Crippen LogP contribution in [0.15, 0.2) is 42.5 Å².